The summed E-state index contributed by atoms with van der Waals surface area (Å²) in [4.78, 5) is 11.2. The van der Waals surface area contributed by atoms with Crippen LogP contribution in [0.15, 0.2) is 0 Å². The van der Waals surface area contributed by atoms with Crippen molar-refractivity contribution < 1.29 is 20.1 Å². The minimum absolute atomic E-state index is 0.168. The Bertz CT molecular complexity index is 449. The summed E-state index contributed by atoms with van der Waals surface area (Å²) in [7, 11) is 0. The number of carboxylic acid groups (broad SMARTS) is 1. The van der Waals surface area contributed by atoms with Crippen molar-refractivity contribution >= 4 is 5.97 Å². The van der Waals surface area contributed by atoms with Crippen LogP contribution in [0.3, 0.4) is 0 Å². The molecular formula is C13H18O4. The van der Waals surface area contributed by atoms with E-state index in [-0.39, 0.29) is 11.3 Å². The zero-order valence-corrected chi connectivity index (χ0v) is 10.4. The number of rotatable bonds is 4. The first-order valence-electron chi connectivity index (χ1n) is 5.81. The third-order valence-corrected chi connectivity index (χ3v) is 3.05. The van der Waals surface area contributed by atoms with Crippen molar-refractivity contribution in [3.05, 3.63) is 22.3 Å². The van der Waals surface area contributed by atoms with E-state index < -0.39 is 11.7 Å². The number of phenolic OH excluding ortho intramolecular Hbond substituents is 1. The molecule has 1 aromatic rings. The van der Waals surface area contributed by atoms with Crippen LogP contribution in [0.4, 0.5) is 0 Å². The molecule has 0 atom stereocenters. The van der Waals surface area contributed by atoms with Gasteiger partial charge in [0.05, 0.1) is 0 Å². The van der Waals surface area contributed by atoms with Gasteiger partial charge in [-0.25, -0.2) is 4.79 Å². The van der Waals surface area contributed by atoms with Crippen LogP contribution in [-0.2, 0) is 19.3 Å². The average molecular weight is 238 g/mol. The molecule has 0 fully saturated rings. The van der Waals surface area contributed by atoms with Crippen LogP contribution in [0.5, 0.6) is 11.5 Å². The van der Waals surface area contributed by atoms with E-state index in [2.05, 4.69) is 0 Å². The van der Waals surface area contributed by atoms with Crippen LogP contribution in [0.1, 0.15) is 47.8 Å². The smallest absolute Gasteiger partial charge is 0.339 e. The van der Waals surface area contributed by atoms with E-state index in [1.54, 1.807) is 0 Å². The van der Waals surface area contributed by atoms with Gasteiger partial charge in [-0.05, 0) is 30.4 Å². The molecule has 0 aliphatic carbocycles. The molecule has 4 heteroatoms. The lowest BCUT2D eigenvalue weighted by molar-refractivity contribution is 0.0691. The zero-order valence-electron chi connectivity index (χ0n) is 10.4. The third-order valence-electron chi connectivity index (χ3n) is 3.05. The van der Waals surface area contributed by atoms with Crippen molar-refractivity contribution in [1.82, 2.24) is 0 Å². The highest BCUT2D eigenvalue weighted by molar-refractivity contribution is 5.94. The highest BCUT2D eigenvalue weighted by Gasteiger charge is 2.24. The number of hydrogen-bond acceptors (Lipinski definition) is 3. The quantitative estimate of drug-likeness (QED) is 0.704. The standard InChI is InChI=1S/C13H18O4/c1-4-7-8(5-2)10(13(16)17)12(15)11(14)9(7)6-3/h14-15H,4-6H2,1-3H3,(H,16,17). The van der Waals surface area contributed by atoms with Gasteiger partial charge in [-0.15, -0.1) is 0 Å². The predicted molar refractivity (Wildman–Crippen MR) is 64.9 cm³/mol. The Kier molecular flexibility index (Phi) is 3.99. The van der Waals surface area contributed by atoms with Crippen LogP contribution in [0, 0.1) is 0 Å². The molecule has 0 aliphatic rings. The maximum absolute atomic E-state index is 11.2. The van der Waals surface area contributed by atoms with Gasteiger partial charge < -0.3 is 15.3 Å². The first kappa shape index (κ1) is 13.4. The molecule has 94 valence electrons. The number of carbonyl (C=O) groups is 1. The van der Waals surface area contributed by atoms with E-state index in [1.807, 2.05) is 20.8 Å². The maximum atomic E-state index is 11.2. The molecule has 4 nitrogen and oxygen atoms in total. The molecule has 0 heterocycles. The molecule has 0 amide bonds. The number of carboxylic acids is 1. The number of benzene rings is 1. The minimum Gasteiger partial charge on any atom is -0.504 e. The lowest BCUT2D eigenvalue weighted by Crippen LogP contribution is -2.09. The number of phenols is 2. The SMILES string of the molecule is CCc1c(O)c(O)c(C(=O)O)c(CC)c1CC. The molecule has 1 aromatic carbocycles. The fraction of sp³-hybridized carbons (Fsp3) is 0.462. The number of aromatic carboxylic acids is 1. The summed E-state index contributed by atoms with van der Waals surface area (Å²) in [5.41, 5.74) is 1.93. The topological polar surface area (TPSA) is 77.8 Å². The van der Waals surface area contributed by atoms with Crippen LogP contribution in [0.2, 0.25) is 0 Å². The van der Waals surface area contributed by atoms with Crippen molar-refractivity contribution in [2.24, 2.45) is 0 Å². The molecule has 0 aromatic heterocycles. The Morgan fingerprint density at radius 1 is 0.882 bits per heavy atom. The van der Waals surface area contributed by atoms with E-state index in [9.17, 15) is 15.0 Å². The molecule has 3 N–H and O–H groups in total. The van der Waals surface area contributed by atoms with Gasteiger partial charge >= 0.3 is 5.97 Å². The highest BCUT2D eigenvalue weighted by Crippen LogP contribution is 2.39. The Morgan fingerprint density at radius 2 is 1.35 bits per heavy atom. The average Bonchev–Trinajstić information content (AvgIpc) is 2.30. The van der Waals surface area contributed by atoms with Gasteiger partial charge in [0.15, 0.2) is 11.5 Å². The third kappa shape index (κ3) is 2.07. The van der Waals surface area contributed by atoms with Gasteiger partial charge in [-0.2, -0.15) is 0 Å². The van der Waals surface area contributed by atoms with Gasteiger partial charge in [0, 0.05) is 5.56 Å². The van der Waals surface area contributed by atoms with E-state index in [4.69, 9.17) is 5.11 Å². The molecule has 0 spiro atoms. The fourth-order valence-corrected chi connectivity index (χ4v) is 2.31. The van der Waals surface area contributed by atoms with Crippen molar-refractivity contribution in [3.8, 4) is 11.5 Å². The maximum Gasteiger partial charge on any atom is 0.339 e. The largest absolute Gasteiger partial charge is 0.504 e. The molecule has 1 rings (SSSR count). The lowest BCUT2D eigenvalue weighted by atomic mass is 9.89. The van der Waals surface area contributed by atoms with Crippen molar-refractivity contribution in [1.29, 1.82) is 0 Å². The summed E-state index contributed by atoms with van der Waals surface area (Å²) in [6.07, 6.45) is 1.72. The summed E-state index contributed by atoms with van der Waals surface area (Å²) in [5.74, 6) is -2.01. The first-order chi connectivity index (χ1) is 7.99. The summed E-state index contributed by atoms with van der Waals surface area (Å²) >= 11 is 0. The normalized spacial score (nSPS) is 10.5. The number of hydrogen-bond donors (Lipinski definition) is 3. The second-order valence-electron chi connectivity index (χ2n) is 3.87. The van der Waals surface area contributed by atoms with Gasteiger partial charge in [0.25, 0.3) is 0 Å². The zero-order chi connectivity index (χ0) is 13.2. The highest BCUT2D eigenvalue weighted by atomic mass is 16.4. The number of aromatic hydroxyl groups is 2. The lowest BCUT2D eigenvalue weighted by Gasteiger charge is -2.17. The van der Waals surface area contributed by atoms with E-state index >= 15 is 0 Å². The molecule has 17 heavy (non-hydrogen) atoms. The first-order valence-corrected chi connectivity index (χ1v) is 5.81. The Hall–Kier alpha value is -1.71. The predicted octanol–water partition coefficient (Wildman–Crippen LogP) is 2.48. The van der Waals surface area contributed by atoms with E-state index in [0.717, 1.165) is 5.56 Å². The Labute approximate surface area is 101 Å². The van der Waals surface area contributed by atoms with Gasteiger partial charge in [0.2, 0.25) is 0 Å². The molecule has 0 unspecified atom stereocenters. The molecular weight excluding hydrogens is 220 g/mol. The van der Waals surface area contributed by atoms with E-state index in [1.165, 1.54) is 0 Å². The molecule has 0 radical (unpaired) electrons. The summed E-state index contributed by atoms with van der Waals surface area (Å²) in [6.45, 7) is 5.63. The monoisotopic (exact) mass is 238 g/mol. The van der Waals surface area contributed by atoms with E-state index in [0.29, 0.717) is 30.4 Å². The van der Waals surface area contributed by atoms with Crippen LogP contribution >= 0.6 is 0 Å². The van der Waals surface area contributed by atoms with Gasteiger partial charge in [-0.1, -0.05) is 20.8 Å². The van der Waals surface area contributed by atoms with Crippen LogP contribution < -0.4 is 0 Å². The van der Waals surface area contributed by atoms with Gasteiger partial charge in [0.1, 0.15) is 5.56 Å². The molecule has 0 saturated heterocycles. The summed E-state index contributed by atoms with van der Waals surface area (Å²) in [6, 6.07) is 0. The van der Waals surface area contributed by atoms with Crippen LogP contribution in [0.25, 0.3) is 0 Å². The minimum atomic E-state index is -1.20. The second-order valence-corrected chi connectivity index (χ2v) is 3.87. The molecule has 0 bridgehead atoms. The fourth-order valence-electron chi connectivity index (χ4n) is 2.31. The Morgan fingerprint density at radius 3 is 1.71 bits per heavy atom. The van der Waals surface area contributed by atoms with Gasteiger partial charge in [-0.3, -0.25) is 0 Å². The van der Waals surface area contributed by atoms with Crippen LogP contribution in [-0.4, -0.2) is 21.3 Å². The van der Waals surface area contributed by atoms with Crippen molar-refractivity contribution in [3.63, 3.8) is 0 Å². The Balaban J connectivity index is 3.74. The summed E-state index contributed by atoms with van der Waals surface area (Å²) in [5, 5.41) is 28.7. The molecule has 0 saturated carbocycles. The molecule has 0 aliphatic heterocycles. The van der Waals surface area contributed by atoms with Crippen molar-refractivity contribution in [2.75, 3.05) is 0 Å². The van der Waals surface area contributed by atoms with Crippen molar-refractivity contribution in [2.45, 2.75) is 40.0 Å². The second kappa shape index (κ2) is 5.08. The summed E-state index contributed by atoms with van der Waals surface area (Å²) < 4.78 is 0.